The number of ether oxygens (including phenoxy) is 1. The Morgan fingerprint density at radius 2 is 2.12 bits per heavy atom. The van der Waals surface area contributed by atoms with E-state index < -0.39 is 11.8 Å². The van der Waals surface area contributed by atoms with Gasteiger partial charge in [-0.3, -0.25) is 9.59 Å². The molecule has 5 heteroatoms. The molecule has 1 aliphatic rings. The fraction of sp³-hybridized carbons (Fsp3) is 0.579. The number of piperidine rings is 1. The molecule has 1 aliphatic heterocycles. The lowest BCUT2D eigenvalue weighted by atomic mass is 10.0. The summed E-state index contributed by atoms with van der Waals surface area (Å²) in [5.41, 5.74) is 1.98. The topological polar surface area (TPSA) is 58.6 Å². The van der Waals surface area contributed by atoms with Crippen LogP contribution in [-0.4, -0.2) is 35.9 Å². The van der Waals surface area contributed by atoms with Crippen LogP contribution in [0.5, 0.6) is 5.75 Å². The molecule has 24 heavy (non-hydrogen) atoms. The summed E-state index contributed by atoms with van der Waals surface area (Å²) >= 11 is 0. The van der Waals surface area contributed by atoms with E-state index in [2.05, 4.69) is 5.32 Å². The van der Waals surface area contributed by atoms with Crippen molar-refractivity contribution in [3.05, 3.63) is 29.3 Å². The molecule has 1 fully saturated rings. The number of benzene rings is 1. The second kappa shape index (κ2) is 8.18. The molecule has 1 heterocycles. The molecule has 1 aromatic carbocycles. The molecule has 0 radical (unpaired) electrons. The van der Waals surface area contributed by atoms with Gasteiger partial charge in [0.1, 0.15) is 5.75 Å². The van der Waals surface area contributed by atoms with Crippen molar-refractivity contribution >= 4 is 11.8 Å². The van der Waals surface area contributed by atoms with Gasteiger partial charge in [-0.1, -0.05) is 17.7 Å². The summed E-state index contributed by atoms with van der Waals surface area (Å²) in [6, 6.07) is 5.71. The monoisotopic (exact) mass is 332 g/mol. The van der Waals surface area contributed by atoms with Gasteiger partial charge in [-0.2, -0.15) is 0 Å². The molecule has 0 spiro atoms. The first-order valence-electron chi connectivity index (χ1n) is 8.78. The Kier molecular flexibility index (Phi) is 6.23. The van der Waals surface area contributed by atoms with E-state index >= 15 is 0 Å². The number of nitrogens with one attached hydrogen (secondary N) is 1. The van der Waals surface area contributed by atoms with Crippen LogP contribution in [0.4, 0.5) is 0 Å². The van der Waals surface area contributed by atoms with Crippen LogP contribution in [0.25, 0.3) is 0 Å². The first kappa shape index (κ1) is 18.3. The van der Waals surface area contributed by atoms with E-state index in [0.717, 1.165) is 36.1 Å². The van der Waals surface area contributed by atoms with E-state index in [9.17, 15) is 9.59 Å². The normalized spacial score (nSPS) is 18.8. The van der Waals surface area contributed by atoms with E-state index in [1.807, 2.05) is 45.9 Å². The molecule has 2 unspecified atom stereocenters. The van der Waals surface area contributed by atoms with Crippen molar-refractivity contribution in [2.45, 2.75) is 59.0 Å². The number of rotatable bonds is 4. The zero-order valence-corrected chi connectivity index (χ0v) is 15.1. The quantitative estimate of drug-likeness (QED) is 0.863. The van der Waals surface area contributed by atoms with Crippen molar-refractivity contribution in [3.63, 3.8) is 0 Å². The third-order valence-corrected chi connectivity index (χ3v) is 4.54. The van der Waals surface area contributed by atoms with Gasteiger partial charge < -0.3 is 15.0 Å². The second-order valence-electron chi connectivity index (χ2n) is 6.51. The lowest BCUT2D eigenvalue weighted by Crippen LogP contribution is -2.49. The van der Waals surface area contributed by atoms with Gasteiger partial charge in [-0.25, -0.2) is 0 Å². The molecular weight excluding hydrogens is 304 g/mol. The number of likely N-dealkylation sites (tertiary alicyclic amines) is 1. The Labute approximate surface area is 144 Å². The predicted molar refractivity (Wildman–Crippen MR) is 93.9 cm³/mol. The summed E-state index contributed by atoms with van der Waals surface area (Å²) in [6.07, 6.45) is 3.04. The number of carbonyl (C=O) groups excluding carboxylic acids is 2. The molecule has 0 bridgehead atoms. The summed E-state index contributed by atoms with van der Waals surface area (Å²) in [4.78, 5) is 26.5. The van der Waals surface area contributed by atoms with Gasteiger partial charge >= 0.3 is 11.8 Å². The molecule has 1 aromatic rings. The summed E-state index contributed by atoms with van der Waals surface area (Å²) in [7, 11) is 0. The first-order valence-corrected chi connectivity index (χ1v) is 8.78. The van der Waals surface area contributed by atoms with Crippen molar-refractivity contribution in [1.29, 1.82) is 0 Å². The maximum atomic E-state index is 12.4. The van der Waals surface area contributed by atoms with Crippen LogP contribution in [0.3, 0.4) is 0 Å². The first-order chi connectivity index (χ1) is 11.4. The van der Waals surface area contributed by atoms with Crippen molar-refractivity contribution in [3.8, 4) is 5.75 Å². The molecule has 2 amide bonds. The molecule has 0 saturated carbocycles. The maximum Gasteiger partial charge on any atom is 0.312 e. The molecule has 1 saturated heterocycles. The average Bonchev–Trinajstić information content (AvgIpc) is 2.56. The fourth-order valence-electron chi connectivity index (χ4n) is 3.16. The minimum atomic E-state index is -0.541. The molecule has 5 nitrogen and oxygen atoms in total. The van der Waals surface area contributed by atoms with Gasteiger partial charge in [0.05, 0.1) is 12.6 Å². The summed E-state index contributed by atoms with van der Waals surface area (Å²) in [5, 5.41) is 2.83. The van der Waals surface area contributed by atoms with E-state index in [-0.39, 0.29) is 12.1 Å². The van der Waals surface area contributed by atoms with Crippen LogP contribution >= 0.6 is 0 Å². The fourth-order valence-corrected chi connectivity index (χ4v) is 3.16. The highest BCUT2D eigenvalue weighted by Gasteiger charge is 2.29. The third kappa shape index (κ3) is 4.28. The predicted octanol–water partition coefficient (Wildman–Crippen LogP) is 2.97. The zero-order chi connectivity index (χ0) is 17.7. The Hall–Kier alpha value is -2.04. The van der Waals surface area contributed by atoms with Gasteiger partial charge in [0.25, 0.3) is 0 Å². The molecule has 2 rings (SSSR count). The Morgan fingerprint density at radius 1 is 1.38 bits per heavy atom. The number of hydrogen-bond donors (Lipinski definition) is 1. The van der Waals surface area contributed by atoms with Crippen LogP contribution < -0.4 is 10.1 Å². The van der Waals surface area contributed by atoms with Crippen molar-refractivity contribution in [2.24, 2.45) is 0 Å². The molecule has 1 N–H and O–H groups in total. The number of nitrogens with zero attached hydrogens (tertiary/aromatic N) is 1. The molecule has 2 atom stereocenters. The number of hydrogen-bond acceptors (Lipinski definition) is 3. The standard InChI is InChI=1S/C19H28N2O3/c1-5-24-17-10-9-13(2)12-16(17)15(4)20-18(22)19(23)21-11-7-6-8-14(21)3/h9-10,12,14-15H,5-8,11H2,1-4H3,(H,20,22). The second-order valence-corrected chi connectivity index (χ2v) is 6.51. The van der Waals surface area contributed by atoms with Crippen molar-refractivity contribution < 1.29 is 14.3 Å². The molecular formula is C19H28N2O3. The largest absolute Gasteiger partial charge is 0.494 e. The minimum Gasteiger partial charge on any atom is -0.494 e. The van der Waals surface area contributed by atoms with E-state index in [1.54, 1.807) is 4.90 Å². The van der Waals surface area contributed by atoms with Crippen LogP contribution in [0, 0.1) is 6.92 Å². The summed E-state index contributed by atoms with van der Waals surface area (Å²) in [5.74, 6) is -0.227. The van der Waals surface area contributed by atoms with E-state index in [1.165, 1.54) is 0 Å². The highest BCUT2D eigenvalue weighted by atomic mass is 16.5. The molecule has 0 aromatic heterocycles. The van der Waals surface area contributed by atoms with Crippen LogP contribution in [0.1, 0.15) is 57.2 Å². The van der Waals surface area contributed by atoms with Crippen LogP contribution in [0.2, 0.25) is 0 Å². The van der Waals surface area contributed by atoms with Gasteiger partial charge in [0.15, 0.2) is 0 Å². The number of aryl methyl sites for hydroxylation is 1. The Morgan fingerprint density at radius 3 is 2.79 bits per heavy atom. The molecule has 0 aliphatic carbocycles. The van der Waals surface area contributed by atoms with Crippen LogP contribution in [-0.2, 0) is 9.59 Å². The van der Waals surface area contributed by atoms with Crippen molar-refractivity contribution in [1.82, 2.24) is 10.2 Å². The number of amides is 2. The van der Waals surface area contributed by atoms with Gasteiger partial charge in [0, 0.05) is 18.2 Å². The van der Waals surface area contributed by atoms with E-state index in [4.69, 9.17) is 4.74 Å². The zero-order valence-electron chi connectivity index (χ0n) is 15.1. The lowest BCUT2D eigenvalue weighted by Gasteiger charge is -2.33. The van der Waals surface area contributed by atoms with Gasteiger partial charge in [0.2, 0.25) is 0 Å². The van der Waals surface area contributed by atoms with Gasteiger partial charge in [-0.05, 0) is 53.0 Å². The molecule has 132 valence electrons. The highest BCUT2D eigenvalue weighted by Crippen LogP contribution is 2.26. The summed E-state index contributed by atoms with van der Waals surface area (Å²) in [6.45, 7) is 9.02. The Balaban J connectivity index is 2.08. The minimum absolute atomic E-state index is 0.130. The average molecular weight is 332 g/mol. The maximum absolute atomic E-state index is 12.4. The van der Waals surface area contributed by atoms with Crippen molar-refractivity contribution in [2.75, 3.05) is 13.2 Å². The van der Waals surface area contributed by atoms with E-state index in [0.29, 0.717) is 13.2 Å². The van der Waals surface area contributed by atoms with Gasteiger partial charge in [-0.15, -0.1) is 0 Å². The summed E-state index contributed by atoms with van der Waals surface area (Å²) < 4.78 is 5.64. The highest BCUT2D eigenvalue weighted by molar-refractivity contribution is 6.35. The van der Waals surface area contributed by atoms with Crippen LogP contribution in [0.15, 0.2) is 18.2 Å². The lowest BCUT2D eigenvalue weighted by molar-refractivity contribution is -0.148. The smallest absolute Gasteiger partial charge is 0.312 e. The number of carbonyl (C=O) groups is 2. The Bertz CT molecular complexity index is 600. The SMILES string of the molecule is CCOc1ccc(C)cc1C(C)NC(=O)C(=O)N1CCCCC1C. The third-order valence-electron chi connectivity index (χ3n) is 4.54.